The fourth-order valence-electron chi connectivity index (χ4n) is 1.65. The summed E-state index contributed by atoms with van der Waals surface area (Å²) in [5, 5.41) is 22.8. The summed E-state index contributed by atoms with van der Waals surface area (Å²) in [5.41, 5.74) is 6.08. The first kappa shape index (κ1) is 14.1. The number of furan rings is 1. The van der Waals surface area contributed by atoms with E-state index in [4.69, 9.17) is 15.3 Å². The summed E-state index contributed by atoms with van der Waals surface area (Å²) in [4.78, 5) is 18.3. The van der Waals surface area contributed by atoms with Gasteiger partial charge in [0.25, 0.3) is 0 Å². The van der Waals surface area contributed by atoms with Gasteiger partial charge < -0.3 is 25.9 Å². The van der Waals surface area contributed by atoms with Crippen molar-refractivity contribution in [3.8, 4) is 17.5 Å². The Morgan fingerprint density at radius 3 is 2.90 bits per heavy atom. The maximum atomic E-state index is 10.3. The Morgan fingerprint density at radius 2 is 2.29 bits per heavy atom. The Morgan fingerprint density at radius 1 is 1.48 bits per heavy atom. The third-order valence-corrected chi connectivity index (χ3v) is 2.49. The van der Waals surface area contributed by atoms with Crippen molar-refractivity contribution < 1.29 is 14.3 Å². The van der Waals surface area contributed by atoms with Crippen LogP contribution >= 0.6 is 0 Å². The monoisotopic (exact) mass is 288 g/mol. The van der Waals surface area contributed by atoms with Crippen molar-refractivity contribution in [3.63, 3.8) is 0 Å². The molecule has 0 atom stereocenters. The van der Waals surface area contributed by atoms with Crippen molar-refractivity contribution in [3.05, 3.63) is 24.0 Å². The van der Waals surface area contributed by atoms with E-state index in [1.54, 1.807) is 12.1 Å². The molecule has 5 N–H and O–H groups in total. The molecule has 0 aliphatic carbocycles. The van der Waals surface area contributed by atoms with Gasteiger partial charge >= 0.3 is 6.09 Å². The van der Waals surface area contributed by atoms with Gasteiger partial charge in [-0.2, -0.15) is 10.2 Å². The molecule has 0 unspecified atom stereocenters. The van der Waals surface area contributed by atoms with Crippen LogP contribution in [0.4, 0.5) is 16.6 Å². The molecule has 1 amide bonds. The highest BCUT2D eigenvalue weighted by Crippen LogP contribution is 2.26. The molecule has 108 valence electrons. The Kier molecular flexibility index (Phi) is 4.20. The molecular weight excluding hydrogens is 276 g/mol. The van der Waals surface area contributed by atoms with E-state index in [0.29, 0.717) is 5.76 Å². The zero-order chi connectivity index (χ0) is 15.2. The molecule has 21 heavy (non-hydrogen) atoms. The van der Waals surface area contributed by atoms with Gasteiger partial charge in [-0.25, -0.2) is 9.78 Å². The SMILES string of the molecule is N#Cc1c(NCCNC(=O)O)nc(N)nc1-c1ccco1. The summed E-state index contributed by atoms with van der Waals surface area (Å²) in [7, 11) is 0. The summed E-state index contributed by atoms with van der Waals surface area (Å²) >= 11 is 0. The normalized spacial score (nSPS) is 9.86. The average Bonchev–Trinajstić information content (AvgIpc) is 2.96. The van der Waals surface area contributed by atoms with Crippen molar-refractivity contribution in [1.29, 1.82) is 5.26 Å². The molecule has 2 aromatic heterocycles. The van der Waals surface area contributed by atoms with Crippen LogP contribution in [-0.2, 0) is 0 Å². The van der Waals surface area contributed by atoms with Gasteiger partial charge in [0.05, 0.1) is 6.26 Å². The number of nitrogens with two attached hydrogens (primary N) is 1. The van der Waals surface area contributed by atoms with Gasteiger partial charge in [0.2, 0.25) is 5.95 Å². The number of nitrogen functional groups attached to an aromatic ring is 1. The molecule has 0 aliphatic rings. The number of nitrogens with one attached hydrogen (secondary N) is 2. The van der Waals surface area contributed by atoms with E-state index in [0.717, 1.165) is 0 Å². The van der Waals surface area contributed by atoms with Crippen molar-refractivity contribution in [1.82, 2.24) is 15.3 Å². The lowest BCUT2D eigenvalue weighted by Crippen LogP contribution is -2.27. The predicted molar refractivity (Wildman–Crippen MR) is 73.4 cm³/mol. The van der Waals surface area contributed by atoms with Crippen LogP contribution < -0.4 is 16.4 Å². The summed E-state index contributed by atoms with van der Waals surface area (Å²) in [6.45, 7) is 0.398. The quantitative estimate of drug-likeness (QED) is 0.592. The zero-order valence-electron chi connectivity index (χ0n) is 10.8. The smallest absolute Gasteiger partial charge is 0.404 e. The Labute approximate surface area is 119 Å². The molecule has 0 spiro atoms. The highest BCUT2D eigenvalue weighted by Gasteiger charge is 2.16. The van der Waals surface area contributed by atoms with Crippen LogP contribution in [0, 0.1) is 11.3 Å². The molecule has 0 saturated heterocycles. The van der Waals surface area contributed by atoms with E-state index in [9.17, 15) is 10.1 Å². The molecular formula is C12H12N6O3. The number of amides is 1. The topological polar surface area (TPSA) is 150 Å². The lowest BCUT2D eigenvalue weighted by atomic mass is 10.2. The number of hydrogen-bond donors (Lipinski definition) is 4. The first-order valence-corrected chi connectivity index (χ1v) is 5.94. The number of nitrogens with zero attached hydrogens (tertiary/aromatic N) is 3. The highest BCUT2D eigenvalue weighted by molar-refractivity contribution is 5.71. The number of rotatable bonds is 5. The van der Waals surface area contributed by atoms with E-state index in [1.165, 1.54) is 6.26 Å². The van der Waals surface area contributed by atoms with E-state index in [1.807, 2.05) is 6.07 Å². The number of hydrogen-bond acceptors (Lipinski definition) is 7. The largest absolute Gasteiger partial charge is 0.465 e. The van der Waals surface area contributed by atoms with E-state index >= 15 is 0 Å². The van der Waals surface area contributed by atoms with Gasteiger partial charge in [-0.1, -0.05) is 0 Å². The molecule has 2 rings (SSSR count). The van der Waals surface area contributed by atoms with Crippen LogP contribution in [0.15, 0.2) is 22.8 Å². The summed E-state index contributed by atoms with van der Waals surface area (Å²) < 4.78 is 5.21. The van der Waals surface area contributed by atoms with Crippen LogP contribution in [0.3, 0.4) is 0 Å². The number of aromatic nitrogens is 2. The first-order chi connectivity index (χ1) is 10.1. The van der Waals surface area contributed by atoms with Crippen LogP contribution in [0.1, 0.15) is 5.56 Å². The summed E-state index contributed by atoms with van der Waals surface area (Å²) in [6, 6.07) is 5.31. The van der Waals surface area contributed by atoms with Crippen molar-refractivity contribution in [2.75, 3.05) is 24.1 Å². The van der Waals surface area contributed by atoms with Crippen LogP contribution in [-0.4, -0.2) is 34.3 Å². The summed E-state index contributed by atoms with van der Waals surface area (Å²) in [5.74, 6) is 0.602. The van der Waals surface area contributed by atoms with E-state index in [2.05, 4.69) is 20.6 Å². The van der Waals surface area contributed by atoms with E-state index in [-0.39, 0.29) is 36.1 Å². The zero-order valence-corrected chi connectivity index (χ0v) is 10.8. The molecule has 9 heteroatoms. The molecule has 0 fully saturated rings. The van der Waals surface area contributed by atoms with Crippen LogP contribution in [0.2, 0.25) is 0 Å². The Bertz CT molecular complexity index is 677. The molecule has 0 aliphatic heterocycles. The number of anilines is 2. The fraction of sp³-hybridized carbons (Fsp3) is 0.167. The minimum Gasteiger partial charge on any atom is -0.465 e. The van der Waals surface area contributed by atoms with Crippen molar-refractivity contribution in [2.24, 2.45) is 0 Å². The second-order valence-electron chi connectivity index (χ2n) is 3.90. The third-order valence-electron chi connectivity index (χ3n) is 2.49. The molecule has 2 heterocycles. The van der Waals surface area contributed by atoms with Gasteiger partial charge in [-0.05, 0) is 12.1 Å². The van der Waals surface area contributed by atoms with Crippen molar-refractivity contribution in [2.45, 2.75) is 0 Å². The highest BCUT2D eigenvalue weighted by atomic mass is 16.4. The number of carboxylic acid groups (broad SMARTS) is 1. The maximum absolute atomic E-state index is 10.3. The Hall–Kier alpha value is -3.28. The number of carbonyl (C=O) groups is 1. The lowest BCUT2D eigenvalue weighted by molar-refractivity contribution is 0.195. The molecule has 0 saturated carbocycles. The van der Waals surface area contributed by atoms with E-state index < -0.39 is 6.09 Å². The third kappa shape index (κ3) is 3.38. The maximum Gasteiger partial charge on any atom is 0.404 e. The van der Waals surface area contributed by atoms with Crippen LogP contribution in [0.25, 0.3) is 11.5 Å². The van der Waals surface area contributed by atoms with Crippen LogP contribution in [0.5, 0.6) is 0 Å². The molecule has 9 nitrogen and oxygen atoms in total. The Balaban J connectivity index is 2.25. The molecule has 0 bridgehead atoms. The first-order valence-electron chi connectivity index (χ1n) is 5.94. The second-order valence-corrected chi connectivity index (χ2v) is 3.90. The molecule has 2 aromatic rings. The van der Waals surface area contributed by atoms with Gasteiger partial charge in [0.15, 0.2) is 5.76 Å². The molecule has 0 aromatic carbocycles. The van der Waals surface area contributed by atoms with Gasteiger partial charge in [-0.3, -0.25) is 0 Å². The van der Waals surface area contributed by atoms with Gasteiger partial charge in [-0.15, -0.1) is 0 Å². The molecule has 0 radical (unpaired) electrons. The lowest BCUT2D eigenvalue weighted by Gasteiger charge is -2.10. The standard InChI is InChI=1S/C12H12N6O3/c13-6-7-9(8-2-1-5-21-8)17-11(14)18-10(7)15-3-4-16-12(19)20/h1-2,5,16H,3-4H2,(H,19,20)(H3,14,15,17,18). The van der Waals surface area contributed by atoms with Crippen molar-refractivity contribution >= 4 is 17.9 Å². The minimum atomic E-state index is -1.13. The average molecular weight is 288 g/mol. The van der Waals surface area contributed by atoms with Gasteiger partial charge in [0.1, 0.15) is 23.1 Å². The van der Waals surface area contributed by atoms with Gasteiger partial charge in [0, 0.05) is 13.1 Å². The predicted octanol–water partition coefficient (Wildman–Crippen LogP) is 0.870. The summed E-state index contributed by atoms with van der Waals surface area (Å²) in [6.07, 6.45) is 0.328. The second kappa shape index (κ2) is 6.25. The minimum absolute atomic E-state index is 0.0194. The number of nitriles is 1. The fourth-order valence-corrected chi connectivity index (χ4v) is 1.65.